The van der Waals surface area contributed by atoms with Crippen molar-refractivity contribution in [3.8, 4) is 23.0 Å². The van der Waals surface area contributed by atoms with Crippen LogP contribution in [0, 0.1) is 11.7 Å². The number of hydrogen-bond donors (Lipinski definition) is 1. The Kier molecular flexibility index (Phi) is 5.64. The van der Waals surface area contributed by atoms with Crippen LogP contribution >= 0.6 is 0 Å². The molecule has 0 aromatic heterocycles. The number of likely N-dealkylation sites (tertiary alicyclic amines) is 1. The van der Waals surface area contributed by atoms with Gasteiger partial charge in [0.2, 0.25) is 0 Å². The van der Waals surface area contributed by atoms with Crippen LogP contribution in [0.3, 0.4) is 0 Å². The summed E-state index contributed by atoms with van der Waals surface area (Å²) in [5, 5.41) is 2.72. The molecule has 0 spiro atoms. The third-order valence-corrected chi connectivity index (χ3v) is 5.50. The van der Waals surface area contributed by atoms with Gasteiger partial charge in [-0.2, -0.15) is 0 Å². The van der Waals surface area contributed by atoms with Crippen LogP contribution in [0.25, 0.3) is 0 Å². The molecule has 5 rings (SSSR count). The molecule has 1 saturated heterocycles. The predicted octanol–water partition coefficient (Wildman–Crippen LogP) is 4.46. The maximum absolute atomic E-state index is 14.4. The second-order valence-electron chi connectivity index (χ2n) is 8.03. The zero-order chi connectivity index (χ0) is 21.9. The first-order valence-electron chi connectivity index (χ1n) is 10.6. The standard InChI is InChI=1S/C25H23FN2O4/c26-22-11-24-23(27-25(29)16-31-24)10-18(22)14-28-12-17(13-28)15-30-19-6-8-21(9-7-19)32-20-4-2-1-3-5-20/h1-11,17H,12-16H2,(H,27,29). The summed E-state index contributed by atoms with van der Waals surface area (Å²) in [7, 11) is 0. The van der Waals surface area contributed by atoms with Crippen LogP contribution in [0.15, 0.2) is 66.7 Å². The van der Waals surface area contributed by atoms with Gasteiger partial charge in [-0.05, 0) is 42.5 Å². The first kappa shape index (κ1) is 20.3. The number of amides is 1. The number of carbonyl (C=O) groups excluding carboxylic acids is 1. The number of nitrogens with one attached hydrogen (secondary N) is 1. The molecule has 0 saturated carbocycles. The number of anilines is 1. The Morgan fingerprint density at radius 2 is 1.72 bits per heavy atom. The minimum absolute atomic E-state index is 0.0810. The van der Waals surface area contributed by atoms with Crippen LogP contribution in [0.1, 0.15) is 5.56 Å². The minimum atomic E-state index is -0.322. The third kappa shape index (κ3) is 4.68. The van der Waals surface area contributed by atoms with Gasteiger partial charge >= 0.3 is 0 Å². The average Bonchev–Trinajstić information content (AvgIpc) is 2.77. The molecule has 2 heterocycles. The van der Waals surface area contributed by atoms with Gasteiger partial charge in [0, 0.05) is 37.2 Å². The smallest absolute Gasteiger partial charge is 0.262 e. The molecule has 0 unspecified atom stereocenters. The number of rotatable bonds is 7. The van der Waals surface area contributed by atoms with E-state index in [0.29, 0.717) is 36.1 Å². The van der Waals surface area contributed by atoms with Gasteiger partial charge < -0.3 is 19.5 Å². The topological polar surface area (TPSA) is 60.0 Å². The van der Waals surface area contributed by atoms with Gasteiger partial charge in [-0.1, -0.05) is 18.2 Å². The van der Waals surface area contributed by atoms with Crippen molar-refractivity contribution in [1.29, 1.82) is 0 Å². The molecule has 0 atom stereocenters. The molecule has 2 aliphatic heterocycles. The van der Waals surface area contributed by atoms with Gasteiger partial charge in [0.1, 0.15) is 28.8 Å². The highest BCUT2D eigenvalue weighted by atomic mass is 19.1. The highest BCUT2D eigenvalue weighted by Crippen LogP contribution is 2.32. The number of carbonyl (C=O) groups is 1. The lowest BCUT2D eigenvalue weighted by Gasteiger charge is -2.39. The van der Waals surface area contributed by atoms with Crippen molar-refractivity contribution in [1.82, 2.24) is 4.90 Å². The van der Waals surface area contributed by atoms with Crippen molar-refractivity contribution < 1.29 is 23.4 Å². The molecule has 1 amide bonds. The van der Waals surface area contributed by atoms with E-state index in [1.54, 1.807) is 6.07 Å². The highest BCUT2D eigenvalue weighted by molar-refractivity contribution is 5.95. The Hall–Kier alpha value is -3.58. The van der Waals surface area contributed by atoms with Crippen LogP contribution < -0.4 is 19.5 Å². The molecule has 1 fully saturated rings. The van der Waals surface area contributed by atoms with E-state index in [4.69, 9.17) is 14.2 Å². The summed E-state index contributed by atoms with van der Waals surface area (Å²) in [4.78, 5) is 13.6. The monoisotopic (exact) mass is 434 g/mol. The van der Waals surface area contributed by atoms with Crippen LogP contribution in [-0.2, 0) is 11.3 Å². The number of halogens is 1. The fourth-order valence-corrected chi connectivity index (χ4v) is 3.86. The summed E-state index contributed by atoms with van der Waals surface area (Å²) in [6.07, 6.45) is 0. The zero-order valence-corrected chi connectivity index (χ0v) is 17.4. The number of para-hydroxylation sites is 1. The first-order valence-corrected chi connectivity index (χ1v) is 10.6. The van der Waals surface area contributed by atoms with Gasteiger partial charge in [-0.3, -0.25) is 9.69 Å². The molecule has 32 heavy (non-hydrogen) atoms. The van der Waals surface area contributed by atoms with E-state index < -0.39 is 0 Å². The van der Waals surface area contributed by atoms with Gasteiger partial charge in [-0.25, -0.2) is 4.39 Å². The largest absolute Gasteiger partial charge is 0.493 e. The van der Waals surface area contributed by atoms with Crippen LogP contribution in [0.4, 0.5) is 10.1 Å². The summed E-state index contributed by atoms with van der Waals surface area (Å²) >= 11 is 0. The molecule has 7 heteroatoms. The highest BCUT2D eigenvalue weighted by Gasteiger charge is 2.28. The van der Waals surface area contributed by atoms with Crippen molar-refractivity contribution >= 4 is 11.6 Å². The van der Waals surface area contributed by atoms with E-state index in [2.05, 4.69) is 10.2 Å². The lowest BCUT2D eigenvalue weighted by atomic mass is 10.00. The third-order valence-electron chi connectivity index (χ3n) is 5.50. The molecule has 0 aliphatic carbocycles. The van der Waals surface area contributed by atoms with Gasteiger partial charge in [0.25, 0.3) is 5.91 Å². The molecule has 164 valence electrons. The number of benzene rings is 3. The molecular weight excluding hydrogens is 411 g/mol. The molecule has 2 aliphatic rings. The Labute approximate surface area is 185 Å². The number of ether oxygens (including phenoxy) is 3. The van der Waals surface area contributed by atoms with Gasteiger partial charge in [0.15, 0.2) is 6.61 Å². The van der Waals surface area contributed by atoms with E-state index in [1.807, 2.05) is 54.6 Å². The molecule has 1 N–H and O–H groups in total. The Balaban J connectivity index is 1.08. The Morgan fingerprint density at radius 1 is 1.00 bits per heavy atom. The first-order chi connectivity index (χ1) is 15.6. The van der Waals surface area contributed by atoms with Crippen molar-refractivity contribution in [2.45, 2.75) is 6.54 Å². The quantitative estimate of drug-likeness (QED) is 0.595. The minimum Gasteiger partial charge on any atom is -0.493 e. The van der Waals surface area contributed by atoms with Crippen molar-refractivity contribution in [2.24, 2.45) is 5.92 Å². The SMILES string of the molecule is O=C1COc2cc(F)c(CN3CC(COc4ccc(Oc5ccccc5)cc4)C3)cc2N1. The van der Waals surface area contributed by atoms with Crippen LogP contribution in [0.2, 0.25) is 0 Å². The second-order valence-corrected chi connectivity index (χ2v) is 8.03. The fourth-order valence-electron chi connectivity index (χ4n) is 3.86. The van der Waals surface area contributed by atoms with E-state index in [9.17, 15) is 9.18 Å². The molecule has 3 aromatic carbocycles. The van der Waals surface area contributed by atoms with E-state index in [1.165, 1.54) is 6.07 Å². The van der Waals surface area contributed by atoms with Crippen molar-refractivity contribution in [3.05, 3.63) is 78.1 Å². The van der Waals surface area contributed by atoms with Crippen molar-refractivity contribution in [2.75, 3.05) is 31.6 Å². The van der Waals surface area contributed by atoms with E-state index >= 15 is 0 Å². The number of hydrogen-bond acceptors (Lipinski definition) is 5. The van der Waals surface area contributed by atoms with Crippen LogP contribution in [0.5, 0.6) is 23.0 Å². The van der Waals surface area contributed by atoms with Gasteiger partial charge in [0.05, 0.1) is 12.3 Å². The summed E-state index contributed by atoms with van der Waals surface area (Å²) in [5.74, 6) is 2.56. The van der Waals surface area contributed by atoms with E-state index in [0.717, 1.165) is 30.3 Å². The second kappa shape index (κ2) is 8.88. The molecule has 0 radical (unpaired) electrons. The molecule has 0 bridgehead atoms. The summed E-state index contributed by atoms with van der Waals surface area (Å²) < 4.78 is 31.3. The maximum Gasteiger partial charge on any atom is 0.262 e. The number of nitrogens with zero attached hydrogens (tertiary/aromatic N) is 1. The molecule has 3 aromatic rings. The fraction of sp³-hybridized carbons (Fsp3) is 0.240. The Morgan fingerprint density at radius 3 is 2.50 bits per heavy atom. The normalized spacial score (nSPS) is 15.8. The average molecular weight is 434 g/mol. The van der Waals surface area contributed by atoms with Crippen molar-refractivity contribution in [3.63, 3.8) is 0 Å². The maximum atomic E-state index is 14.4. The Bertz CT molecular complexity index is 1100. The zero-order valence-electron chi connectivity index (χ0n) is 17.4. The molecule has 6 nitrogen and oxygen atoms in total. The van der Waals surface area contributed by atoms with Gasteiger partial charge in [-0.15, -0.1) is 0 Å². The molecular formula is C25H23FN2O4. The predicted molar refractivity (Wildman–Crippen MR) is 118 cm³/mol. The lowest BCUT2D eigenvalue weighted by molar-refractivity contribution is -0.118. The number of fused-ring (bicyclic) bond motifs is 1. The summed E-state index contributed by atoms with van der Waals surface area (Å²) in [6.45, 7) is 2.66. The lowest BCUT2D eigenvalue weighted by Crippen LogP contribution is -2.48. The summed E-state index contributed by atoms with van der Waals surface area (Å²) in [5.41, 5.74) is 1.07. The van der Waals surface area contributed by atoms with Crippen LogP contribution in [-0.4, -0.2) is 37.1 Å². The van der Waals surface area contributed by atoms with E-state index in [-0.39, 0.29) is 18.3 Å². The summed E-state index contributed by atoms with van der Waals surface area (Å²) in [6, 6.07) is 20.2.